The molecule has 0 aliphatic heterocycles. The smallest absolute Gasteiger partial charge is 0.149 e. The third-order valence-corrected chi connectivity index (χ3v) is 3.33. The summed E-state index contributed by atoms with van der Waals surface area (Å²) in [6, 6.07) is 9.59. The van der Waals surface area contributed by atoms with Crippen molar-refractivity contribution in [3.05, 3.63) is 77.2 Å². The minimum absolute atomic E-state index is 0.0667. The third kappa shape index (κ3) is 2.94. The molecule has 0 saturated carbocycles. The Morgan fingerprint density at radius 3 is 2.55 bits per heavy atom. The van der Waals surface area contributed by atoms with Gasteiger partial charge >= 0.3 is 0 Å². The maximum atomic E-state index is 13.7. The van der Waals surface area contributed by atoms with E-state index in [2.05, 4.69) is 4.98 Å². The van der Waals surface area contributed by atoms with Gasteiger partial charge in [-0.1, -0.05) is 12.1 Å². The molecule has 3 rings (SSSR count). The van der Waals surface area contributed by atoms with Gasteiger partial charge < -0.3 is 4.74 Å². The Kier molecular flexibility index (Phi) is 4.06. The zero-order valence-corrected chi connectivity index (χ0v) is 11.5. The molecule has 0 radical (unpaired) electrons. The number of benzene rings is 2. The monoisotopic (exact) mass is 303 g/mol. The van der Waals surface area contributed by atoms with E-state index in [9.17, 15) is 13.2 Å². The molecule has 0 spiro atoms. The summed E-state index contributed by atoms with van der Waals surface area (Å²) in [5.41, 5.74) is 1.14. The summed E-state index contributed by atoms with van der Waals surface area (Å²) in [6.07, 6.45) is 1.49. The lowest BCUT2D eigenvalue weighted by atomic mass is 10.1. The summed E-state index contributed by atoms with van der Waals surface area (Å²) in [7, 11) is 0. The molecular formula is C17H12F3NO. The lowest BCUT2D eigenvalue weighted by molar-refractivity contribution is 0.105. The number of pyridine rings is 1. The molecule has 2 nitrogen and oxygen atoms in total. The number of hydrogen-bond acceptors (Lipinski definition) is 2. The highest BCUT2D eigenvalue weighted by Crippen LogP contribution is 2.20. The van der Waals surface area contributed by atoms with Gasteiger partial charge in [0.2, 0.25) is 0 Å². The van der Waals surface area contributed by atoms with Gasteiger partial charge in [0.05, 0.1) is 13.2 Å². The fraction of sp³-hybridized carbons (Fsp3) is 0.118. The van der Waals surface area contributed by atoms with Crippen molar-refractivity contribution >= 4 is 10.9 Å². The van der Waals surface area contributed by atoms with Gasteiger partial charge in [0.1, 0.15) is 23.0 Å². The largest absolute Gasteiger partial charge is 0.372 e. The number of para-hydroxylation sites is 1. The van der Waals surface area contributed by atoms with E-state index in [1.165, 1.54) is 12.3 Å². The molecule has 3 aromatic rings. The molecule has 0 saturated heterocycles. The maximum Gasteiger partial charge on any atom is 0.149 e. The Labute approximate surface area is 125 Å². The van der Waals surface area contributed by atoms with E-state index in [1.807, 2.05) is 0 Å². The molecule has 0 aliphatic carbocycles. The minimum Gasteiger partial charge on any atom is -0.372 e. The van der Waals surface area contributed by atoms with E-state index in [1.54, 1.807) is 18.2 Å². The Bertz CT molecular complexity index is 820. The lowest BCUT2D eigenvalue weighted by Crippen LogP contribution is -1.99. The second-order valence-corrected chi connectivity index (χ2v) is 4.83. The molecule has 0 amide bonds. The van der Waals surface area contributed by atoms with Crippen molar-refractivity contribution in [2.75, 3.05) is 0 Å². The van der Waals surface area contributed by atoms with E-state index < -0.39 is 17.5 Å². The summed E-state index contributed by atoms with van der Waals surface area (Å²) in [5.74, 6) is -1.45. The first-order valence-corrected chi connectivity index (χ1v) is 6.69. The quantitative estimate of drug-likeness (QED) is 0.714. The van der Waals surface area contributed by atoms with Crippen LogP contribution in [0.2, 0.25) is 0 Å². The highest BCUT2D eigenvalue weighted by molar-refractivity contribution is 5.82. The molecule has 0 bridgehead atoms. The number of ether oxygens (including phenoxy) is 1. The number of aromatic nitrogens is 1. The average Bonchev–Trinajstić information content (AvgIpc) is 2.51. The summed E-state index contributed by atoms with van der Waals surface area (Å²) >= 11 is 0. The van der Waals surface area contributed by atoms with Crippen LogP contribution in [0, 0.1) is 17.5 Å². The standard InChI is InChI=1S/C17H12F3NO/c18-13-4-5-15(19)12(8-13)10-22-9-11-6-7-21-17-14(11)2-1-3-16(17)20/h1-8H,9-10H2. The van der Waals surface area contributed by atoms with Gasteiger partial charge in [-0.25, -0.2) is 13.2 Å². The van der Waals surface area contributed by atoms with Crippen LogP contribution >= 0.6 is 0 Å². The van der Waals surface area contributed by atoms with Crippen LogP contribution < -0.4 is 0 Å². The van der Waals surface area contributed by atoms with Crippen LogP contribution in [0.15, 0.2) is 48.7 Å². The molecule has 0 atom stereocenters. The minimum atomic E-state index is -0.521. The van der Waals surface area contributed by atoms with Gasteiger partial charge in [0.25, 0.3) is 0 Å². The van der Waals surface area contributed by atoms with Gasteiger partial charge in [0, 0.05) is 17.1 Å². The van der Waals surface area contributed by atoms with Crippen LogP contribution in [0.4, 0.5) is 13.2 Å². The summed E-state index contributed by atoms with van der Waals surface area (Å²) in [5, 5.41) is 0.641. The third-order valence-electron chi connectivity index (χ3n) is 3.33. The lowest BCUT2D eigenvalue weighted by Gasteiger charge is -2.08. The Balaban J connectivity index is 1.77. The Morgan fingerprint density at radius 1 is 0.864 bits per heavy atom. The fourth-order valence-electron chi connectivity index (χ4n) is 2.25. The number of nitrogens with zero attached hydrogens (tertiary/aromatic N) is 1. The van der Waals surface area contributed by atoms with Gasteiger partial charge in [-0.3, -0.25) is 4.98 Å². The van der Waals surface area contributed by atoms with Crippen molar-refractivity contribution in [1.29, 1.82) is 0 Å². The van der Waals surface area contributed by atoms with Crippen molar-refractivity contribution in [2.45, 2.75) is 13.2 Å². The molecule has 1 heterocycles. The molecule has 0 N–H and O–H groups in total. The highest BCUT2D eigenvalue weighted by Gasteiger charge is 2.08. The number of rotatable bonds is 4. The van der Waals surface area contributed by atoms with Crippen molar-refractivity contribution in [1.82, 2.24) is 4.98 Å². The predicted molar refractivity (Wildman–Crippen MR) is 76.6 cm³/mol. The summed E-state index contributed by atoms with van der Waals surface area (Å²) < 4.78 is 45.7. The van der Waals surface area contributed by atoms with Crippen LogP contribution in [-0.2, 0) is 18.0 Å². The predicted octanol–water partition coefficient (Wildman–Crippen LogP) is 4.37. The molecule has 5 heteroatoms. The van der Waals surface area contributed by atoms with Gasteiger partial charge in [-0.15, -0.1) is 0 Å². The van der Waals surface area contributed by atoms with Crippen molar-refractivity contribution in [3.63, 3.8) is 0 Å². The van der Waals surface area contributed by atoms with Gasteiger partial charge in [-0.2, -0.15) is 0 Å². The zero-order valence-electron chi connectivity index (χ0n) is 11.5. The normalized spacial score (nSPS) is 11.0. The van der Waals surface area contributed by atoms with Gasteiger partial charge in [-0.05, 0) is 35.9 Å². The number of fused-ring (bicyclic) bond motifs is 1. The van der Waals surface area contributed by atoms with E-state index >= 15 is 0 Å². The number of hydrogen-bond donors (Lipinski definition) is 0. The first-order valence-electron chi connectivity index (χ1n) is 6.69. The topological polar surface area (TPSA) is 22.1 Å². The second-order valence-electron chi connectivity index (χ2n) is 4.83. The zero-order chi connectivity index (χ0) is 15.5. The van der Waals surface area contributed by atoms with Crippen LogP contribution in [-0.4, -0.2) is 4.98 Å². The van der Waals surface area contributed by atoms with Crippen LogP contribution in [0.25, 0.3) is 10.9 Å². The first kappa shape index (κ1) is 14.5. The SMILES string of the molecule is Fc1ccc(F)c(COCc2ccnc3c(F)cccc23)c1. The average molecular weight is 303 g/mol. The number of halogens is 3. The van der Waals surface area contributed by atoms with E-state index in [0.29, 0.717) is 5.39 Å². The maximum absolute atomic E-state index is 13.7. The molecule has 1 aromatic heterocycles. The molecule has 112 valence electrons. The first-order chi connectivity index (χ1) is 10.6. The summed E-state index contributed by atoms with van der Waals surface area (Å²) in [6.45, 7) is 0.0845. The second kappa shape index (κ2) is 6.15. The highest BCUT2D eigenvalue weighted by atomic mass is 19.1. The fourth-order valence-corrected chi connectivity index (χ4v) is 2.25. The van der Waals surface area contributed by atoms with Gasteiger partial charge in [0.15, 0.2) is 0 Å². The van der Waals surface area contributed by atoms with E-state index in [0.717, 1.165) is 23.8 Å². The van der Waals surface area contributed by atoms with Crippen molar-refractivity contribution in [2.24, 2.45) is 0 Å². The van der Waals surface area contributed by atoms with Crippen LogP contribution in [0.5, 0.6) is 0 Å². The Morgan fingerprint density at radius 2 is 1.68 bits per heavy atom. The van der Waals surface area contributed by atoms with Crippen LogP contribution in [0.1, 0.15) is 11.1 Å². The van der Waals surface area contributed by atoms with Crippen molar-refractivity contribution < 1.29 is 17.9 Å². The van der Waals surface area contributed by atoms with Crippen LogP contribution in [0.3, 0.4) is 0 Å². The van der Waals surface area contributed by atoms with E-state index in [4.69, 9.17) is 4.74 Å². The molecule has 0 fully saturated rings. The molecule has 2 aromatic carbocycles. The van der Waals surface area contributed by atoms with Crippen molar-refractivity contribution in [3.8, 4) is 0 Å². The molecular weight excluding hydrogens is 291 g/mol. The Hall–Kier alpha value is -2.40. The molecule has 0 aliphatic rings. The summed E-state index contributed by atoms with van der Waals surface area (Å²) in [4.78, 5) is 3.99. The molecule has 0 unspecified atom stereocenters. The van der Waals surface area contributed by atoms with E-state index in [-0.39, 0.29) is 24.3 Å². The molecule has 22 heavy (non-hydrogen) atoms.